The van der Waals surface area contributed by atoms with Crippen molar-refractivity contribution in [1.29, 1.82) is 0 Å². The lowest BCUT2D eigenvalue weighted by atomic mass is 9.99. The number of benzene rings is 2. The van der Waals surface area contributed by atoms with Gasteiger partial charge >= 0.3 is 6.09 Å². The average Bonchev–Trinajstić information content (AvgIpc) is 3.44. The first-order chi connectivity index (χ1) is 19.6. The van der Waals surface area contributed by atoms with Crippen molar-refractivity contribution in [3.63, 3.8) is 0 Å². The number of aliphatic hydroxyl groups is 1. The predicted octanol–water partition coefficient (Wildman–Crippen LogP) is 4.30. The second-order valence-corrected chi connectivity index (χ2v) is 10.7. The van der Waals surface area contributed by atoms with Crippen molar-refractivity contribution in [2.24, 2.45) is 5.92 Å². The second-order valence-electron chi connectivity index (χ2n) is 10.7. The minimum atomic E-state index is -1.34. The zero-order valence-corrected chi connectivity index (χ0v) is 24.0. The van der Waals surface area contributed by atoms with Gasteiger partial charge in [-0.15, -0.1) is 0 Å². The number of nitrogens with one attached hydrogen (secondary N) is 3. The first-order valence-electron chi connectivity index (χ1n) is 13.9. The molecule has 0 aliphatic rings. The molecular formula is C31H40N4O6. The number of alkyl carbamates (subject to hydrolysis) is 1. The van der Waals surface area contributed by atoms with Crippen LogP contribution in [0.15, 0.2) is 71.3 Å². The van der Waals surface area contributed by atoms with Gasteiger partial charge in [0.05, 0.1) is 6.04 Å². The minimum absolute atomic E-state index is 0.0291. The molecule has 0 bridgehead atoms. The molecule has 3 atom stereocenters. The van der Waals surface area contributed by atoms with E-state index in [1.54, 1.807) is 0 Å². The molecule has 3 unspecified atom stereocenters. The van der Waals surface area contributed by atoms with Gasteiger partial charge < -0.3 is 30.2 Å². The van der Waals surface area contributed by atoms with Crippen LogP contribution in [0.25, 0.3) is 0 Å². The van der Waals surface area contributed by atoms with E-state index in [2.05, 4.69) is 20.9 Å². The van der Waals surface area contributed by atoms with Crippen LogP contribution < -0.4 is 16.0 Å². The summed E-state index contributed by atoms with van der Waals surface area (Å²) in [4.78, 5) is 42.6. The highest BCUT2D eigenvalue weighted by Crippen LogP contribution is 2.21. The first-order valence-corrected chi connectivity index (χ1v) is 13.9. The number of aryl methyl sites for hydroxylation is 1. The van der Waals surface area contributed by atoms with E-state index in [9.17, 15) is 19.5 Å². The Morgan fingerprint density at radius 1 is 0.902 bits per heavy atom. The summed E-state index contributed by atoms with van der Waals surface area (Å²) in [5.74, 6) is -0.909. The monoisotopic (exact) mass is 564 g/mol. The fraction of sp³-hybridized carbons (Fsp3) is 0.419. The van der Waals surface area contributed by atoms with E-state index in [1.807, 2.05) is 88.4 Å². The molecule has 10 nitrogen and oxygen atoms in total. The normalized spacial score (nSPS) is 13.3. The number of carbonyl (C=O) groups is 3. The summed E-state index contributed by atoms with van der Waals surface area (Å²) in [5, 5.41) is 19.5. The zero-order chi connectivity index (χ0) is 29.8. The fourth-order valence-electron chi connectivity index (χ4n) is 4.21. The third kappa shape index (κ3) is 10.4. The molecule has 4 N–H and O–H groups in total. The molecule has 0 aliphatic carbocycles. The molecule has 220 valence electrons. The highest BCUT2D eigenvalue weighted by molar-refractivity contribution is 5.92. The van der Waals surface area contributed by atoms with Crippen LogP contribution in [0.4, 0.5) is 4.79 Å². The van der Waals surface area contributed by atoms with Gasteiger partial charge in [-0.3, -0.25) is 9.59 Å². The van der Waals surface area contributed by atoms with Crippen LogP contribution in [0, 0.1) is 5.92 Å². The lowest BCUT2D eigenvalue weighted by Gasteiger charge is -2.26. The molecule has 3 rings (SSSR count). The summed E-state index contributed by atoms with van der Waals surface area (Å²) in [6, 6.07) is 17.1. The Balaban J connectivity index is 1.73. The molecule has 0 saturated carbocycles. The maximum atomic E-state index is 13.5. The molecule has 3 aromatic rings. The SMILES string of the molecule is CC(C)CC(NC(=O)OCc1ccccc1)C(=O)NC(CCc1ccccc1)C(O)c1nc(C(=O)NC(C)C)co1. The third-order valence-corrected chi connectivity index (χ3v) is 6.25. The first kappa shape index (κ1) is 31.3. The van der Waals surface area contributed by atoms with Crippen molar-refractivity contribution in [3.05, 3.63) is 89.6 Å². The lowest BCUT2D eigenvalue weighted by molar-refractivity contribution is -0.125. The van der Waals surface area contributed by atoms with Gasteiger partial charge in [0.2, 0.25) is 11.8 Å². The summed E-state index contributed by atoms with van der Waals surface area (Å²) in [6.07, 6.45) is 0.369. The summed E-state index contributed by atoms with van der Waals surface area (Å²) in [5.41, 5.74) is 1.87. The van der Waals surface area contributed by atoms with E-state index in [0.717, 1.165) is 11.1 Å². The van der Waals surface area contributed by atoms with Gasteiger partial charge in [0.1, 0.15) is 18.9 Å². The number of rotatable bonds is 14. The second kappa shape index (κ2) is 15.6. The van der Waals surface area contributed by atoms with E-state index >= 15 is 0 Å². The molecule has 10 heteroatoms. The molecule has 0 fully saturated rings. The Hall–Kier alpha value is -4.18. The van der Waals surface area contributed by atoms with E-state index in [4.69, 9.17) is 9.15 Å². The molecule has 1 aromatic heterocycles. The van der Waals surface area contributed by atoms with Crippen molar-refractivity contribution in [3.8, 4) is 0 Å². The average molecular weight is 565 g/mol. The van der Waals surface area contributed by atoms with Crippen LogP contribution in [-0.2, 0) is 22.6 Å². The largest absolute Gasteiger partial charge is 0.445 e. The van der Waals surface area contributed by atoms with Crippen molar-refractivity contribution >= 4 is 17.9 Å². The number of aromatic nitrogens is 1. The highest BCUT2D eigenvalue weighted by Gasteiger charge is 2.31. The van der Waals surface area contributed by atoms with Crippen LogP contribution >= 0.6 is 0 Å². The van der Waals surface area contributed by atoms with Gasteiger partial charge in [-0.05, 0) is 50.2 Å². The van der Waals surface area contributed by atoms with Gasteiger partial charge in [-0.1, -0.05) is 74.5 Å². The van der Waals surface area contributed by atoms with Crippen LogP contribution in [0.5, 0.6) is 0 Å². The Bertz CT molecular complexity index is 1250. The molecular weight excluding hydrogens is 524 g/mol. The number of ether oxygens (including phenoxy) is 1. The molecule has 2 aromatic carbocycles. The molecule has 0 spiro atoms. The van der Waals surface area contributed by atoms with E-state index in [-0.39, 0.29) is 30.2 Å². The van der Waals surface area contributed by atoms with Crippen LogP contribution in [-0.4, -0.2) is 46.1 Å². The number of amides is 3. The Morgan fingerprint density at radius 2 is 1.54 bits per heavy atom. The van der Waals surface area contributed by atoms with E-state index < -0.39 is 36.1 Å². The van der Waals surface area contributed by atoms with Gasteiger partial charge in [-0.2, -0.15) is 0 Å². The van der Waals surface area contributed by atoms with E-state index in [1.165, 1.54) is 6.26 Å². The van der Waals surface area contributed by atoms with Gasteiger partial charge in [0, 0.05) is 6.04 Å². The Kier molecular flexibility index (Phi) is 11.9. The standard InChI is InChI=1S/C31H40N4O6/c1-20(2)17-25(35-31(39)41-18-23-13-9-6-10-14-23)28(37)33-24(16-15-22-11-7-5-8-12-22)27(36)30-34-26(19-40-30)29(38)32-21(3)4/h5-14,19-21,24-25,27,36H,15-18H2,1-4H3,(H,32,38)(H,33,37)(H,35,39). The summed E-state index contributed by atoms with van der Waals surface area (Å²) < 4.78 is 10.8. The van der Waals surface area contributed by atoms with Crippen LogP contribution in [0.2, 0.25) is 0 Å². The van der Waals surface area contributed by atoms with Crippen molar-refractivity contribution in [1.82, 2.24) is 20.9 Å². The summed E-state index contributed by atoms with van der Waals surface area (Å²) in [6.45, 7) is 7.59. The quantitative estimate of drug-likeness (QED) is 0.229. The zero-order valence-electron chi connectivity index (χ0n) is 24.0. The highest BCUT2D eigenvalue weighted by atomic mass is 16.5. The van der Waals surface area contributed by atoms with Crippen molar-refractivity contribution in [2.45, 2.75) is 77.8 Å². The van der Waals surface area contributed by atoms with Gasteiger partial charge in [-0.25, -0.2) is 9.78 Å². The molecule has 41 heavy (non-hydrogen) atoms. The fourth-order valence-corrected chi connectivity index (χ4v) is 4.21. The molecule has 0 saturated heterocycles. The summed E-state index contributed by atoms with van der Waals surface area (Å²) in [7, 11) is 0. The maximum absolute atomic E-state index is 13.5. The number of hydrogen-bond acceptors (Lipinski definition) is 7. The Morgan fingerprint density at radius 3 is 2.15 bits per heavy atom. The van der Waals surface area contributed by atoms with Crippen molar-refractivity contribution in [2.75, 3.05) is 0 Å². The minimum Gasteiger partial charge on any atom is -0.445 e. The Labute approximate surface area is 240 Å². The van der Waals surface area contributed by atoms with E-state index in [0.29, 0.717) is 19.3 Å². The molecule has 0 aliphatic heterocycles. The van der Waals surface area contributed by atoms with Crippen LogP contribution in [0.1, 0.15) is 74.1 Å². The predicted molar refractivity (Wildman–Crippen MR) is 154 cm³/mol. The lowest BCUT2D eigenvalue weighted by Crippen LogP contribution is -2.51. The summed E-state index contributed by atoms with van der Waals surface area (Å²) >= 11 is 0. The number of carbonyl (C=O) groups excluding carboxylic acids is 3. The number of oxazole rings is 1. The number of nitrogens with zero attached hydrogens (tertiary/aromatic N) is 1. The van der Waals surface area contributed by atoms with Crippen LogP contribution in [0.3, 0.4) is 0 Å². The number of hydrogen-bond donors (Lipinski definition) is 4. The molecule has 3 amide bonds. The molecule has 0 radical (unpaired) electrons. The van der Waals surface area contributed by atoms with Gasteiger partial charge in [0.15, 0.2) is 11.8 Å². The molecule has 1 heterocycles. The maximum Gasteiger partial charge on any atom is 0.408 e. The third-order valence-electron chi connectivity index (χ3n) is 6.25. The van der Waals surface area contributed by atoms with Crippen molar-refractivity contribution < 1.29 is 28.6 Å². The number of aliphatic hydroxyl groups excluding tert-OH is 1. The smallest absolute Gasteiger partial charge is 0.408 e. The topological polar surface area (TPSA) is 143 Å². The van der Waals surface area contributed by atoms with Gasteiger partial charge in [0.25, 0.3) is 5.91 Å².